The van der Waals surface area contributed by atoms with E-state index in [4.69, 9.17) is 0 Å². The van der Waals surface area contributed by atoms with Gasteiger partial charge in [-0.3, -0.25) is 9.59 Å². The summed E-state index contributed by atoms with van der Waals surface area (Å²) in [6.07, 6.45) is 11.8. The summed E-state index contributed by atoms with van der Waals surface area (Å²) in [6, 6.07) is 7.72. The van der Waals surface area contributed by atoms with Gasteiger partial charge in [0.25, 0.3) is 15.9 Å². The Bertz CT molecular complexity index is 1190. The van der Waals surface area contributed by atoms with E-state index in [-0.39, 0.29) is 23.5 Å². The van der Waals surface area contributed by atoms with Gasteiger partial charge >= 0.3 is 0 Å². The summed E-state index contributed by atoms with van der Waals surface area (Å²) in [5.41, 5.74) is 0.706. The molecular weight excluding hydrogens is 524 g/mol. The smallest absolute Gasteiger partial charge is 0.264 e. The number of fused-ring (bicyclic) bond motifs is 5. The molecule has 0 radical (unpaired) electrons. The van der Waals surface area contributed by atoms with E-state index in [1.54, 1.807) is 18.2 Å². The molecule has 9 atom stereocenters. The molecule has 4 fully saturated rings. The van der Waals surface area contributed by atoms with Gasteiger partial charge in [-0.2, -0.15) is 0 Å². The van der Waals surface area contributed by atoms with Crippen LogP contribution in [0.5, 0.6) is 0 Å². The van der Waals surface area contributed by atoms with Gasteiger partial charge in [-0.15, -0.1) is 0 Å². The molecule has 3 N–H and O–H groups in total. The number of amides is 2. The molecule has 0 aliphatic heterocycles. The van der Waals surface area contributed by atoms with Crippen LogP contribution in [0.15, 0.2) is 35.2 Å². The highest BCUT2D eigenvalue weighted by Gasteiger charge is 2.60. The van der Waals surface area contributed by atoms with Gasteiger partial charge in [-0.1, -0.05) is 39.0 Å². The molecule has 4 aliphatic carbocycles. The van der Waals surface area contributed by atoms with E-state index in [9.17, 15) is 23.1 Å². The Balaban J connectivity index is 1.11. The van der Waals surface area contributed by atoms with Crippen molar-refractivity contribution < 1.29 is 23.1 Å². The molecule has 7 nitrogen and oxygen atoms in total. The summed E-state index contributed by atoms with van der Waals surface area (Å²) < 4.78 is 26.7. The van der Waals surface area contributed by atoms with E-state index >= 15 is 0 Å². The number of nitrogens with one attached hydrogen (secondary N) is 2. The maximum atomic E-state index is 12.6. The molecule has 1 aromatic carbocycles. The first-order valence-electron chi connectivity index (χ1n) is 15.5. The van der Waals surface area contributed by atoms with Crippen LogP contribution in [0.4, 0.5) is 0 Å². The zero-order valence-corrected chi connectivity index (χ0v) is 25.2. The number of hydrogen-bond acceptors (Lipinski definition) is 5. The van der Waals surface area contributed by atoms with Crippen molar-refractivity contribution in [1.82, 2.24) is 10.0 Å². The quantitative estimate of drug-likeness (QED) is 0.404. The van der Waals surface area contributed by atoms with Crippen molar-refractivity contribution >= 4 is 21.8 Å². The van der Waals surface area contributed by atoms with Crippen LogP contribution in [-0.4, -0.2) is 38.0 Å². The fraction of sp³-hybridized carbons (Fsp3) is 0.750. The van der Waals surface area contributed by atoms with E-state index in [0.29, 0.717) is 35.0 Å². The van der Waals surface area contributed by atoms with E-state index in [1.807, 2.05) is 4.72 Å². The molecule has 40 heavy (non-hydrogen) atoms. The SMILES string of the molecule is C[C@H](CCC(=O)NCC(=O)NS(=O)(=O)c1ccccc1)[C@H]1CC[C@H]2[C@@H]3CC[C@@H]4C[C@H](O)CC[C@]4(C)[C@H]3CC[C@]12C. The highest BCUT2D eigenvalue weighted by Crippen LogP contribution is 2.68. The maximum Gasteiger partial charge on any atom is 0.264 e. The molecule has 0 saturated heterocycles. The minimum absolute atomic E-state index is 0.0144. The summed E-state index contributed by atoms with van der Waals surface area (Å²) in [6.45, 7) is 6.99. The first-order chi connectivity index (χ1) is 18.9. The molecule has 4 aliphatic rings. The predicted molar refractivity (Wildman–Crippen MR) is 154 cm³/mol. The lowest BCUT2D eigenvalue weighted by Gasteiger charge is -2.61. The van der Waals surface area contributed by atoms with Gasteiger partial charge in [0.2, 0.25) is 5.91 Å². The molecule has 2 amide bonds. The summed E-state index contributed by atoms with van der Waals surface area (Å²) in [7, 11) is -3.95. The van der Waals surface area contributed by atoms with Crippen molar-refractivity contribution in [2.45, 2.75) is 102 Å². The molecular formula is C32H48N2O5S. The van der Waals surface area contributed by atoms with Gasteiger partial charge in [0.05, 0.1) is 17.5 Å². The van der Waals surface area contributed by atoms with Crippen molar-refractivity contribution in [3.63, 3.8) is 0 Å². The van der Waals surface area contributed by atoms with E-state index in [0.717, 1.165) is 37.0 Å². The number of aliphatic hydroxyl groups is 1. The number of benzene rings is 1. The lowest BCUT2D eigenvalue weighted by molar-refractivity contribution is -0.130. The van der Waals surface area contributed by atoms with Crippen LogP contribution < -0.4 is 10.0 Å². The van der Waals surface area contributed by atoms with Crippen molar-refractivity contribution in [2.75, 3.05) is 6.54 Å². The Hall–Kier alpha value is -1.93. The molecule has 4 saturated carbocycles. The second kappa shape index (κ2) is 11.4. The number of carbonyl (C=O) groups is 2. The lowest BCUT2D eigenvalue weighted by atomic mass is 9.44. The molecule has 1 aromatic rings. The first-order valence-corrected chi connectivity index (χ1v) is 17.0. The monoisotopic (exact) mass is 572 g/mol. The second-order valence-corrected chi connectivity index (χ2v) is 15.6. The van der Waals surface area contributed by atoms with Crippen LogP contribution in [0.2, 0.25) is 0 Å². The van der Waals surface area contributed by atoms with Crippen LogP contribution >= 0.6 is 0 Å². The van der Waals surface area contributed by atoms with Crippen LogP contribution in [0.25, 0.3) is 0 Å². The van der Waals surface area contributed by atoms with Crippen molar-refractivity contribution in [3.8, 4) is 0 Å². The lowest BCUT2D eigenvalue weighted by Crippen LogP contribution is -2.54. The van der Waals surface area contributed by atoms with E-state index in [1.165, 1.54) is 57.1 Å². The van der Waals surface area contributed by atoms with Crippen LogP contribution in [0.3, 0.4) is 0 Å². The molecule has 5 rings (SSSR count). The Morgan fingerprint density at radius 2 is 1.65 bits per heavy atom. The Morgan fingerprint density at radius 3 is 2.40 bits per heavy atom. The summed E-state index contributed by atoms with van der Waals surface area (Å²) in [5, 5.41) is 12.9. The second-order valence-electron chi connectivity index (χ2n) is 13.9. The largest absolute Gasteiger partial charge is 0.393 e. The Labute approximate surface area is 240 Å². The molecule has 0 aromatic heterocycles. The highest BCUT2D eigenvalue weighted by molar-refractivity contribution is 7.90. The summed E-state index contributed by atoms with van der Waals surface area (Å²) >= 11 is 0. The van der Waals surface area contributed by atoms with Crippen molar-refractivity contribution in [3.05, 3.63) is 30.3 Å². The number of sulfonamides is 1. The summed E-state index contributed by atoms with van der Waals surface area (Å²) in [4.78, 5) is 24.8. The van der Waals surface area contributed by atoms with E-state index < -0.39 is 15.9 Å². The van der Waals surface area contributed by atoms with Crippen LogP contribution in [-0.2, 0) is 19.6 Å². The zero-order valence-electron chi connectivity index (χ0n) is 24.4. The first kappa shape index (κ1) is 29.6. The Morgan fingerprint density at radius 1 is 0.950 bits per heavy atom. The predicted octanol–water partition coefficient (Wildman–Crippen LogP) is 5.04. The maximum absolute atomic E-state index is 12.6. The van der Waals surface area contributed by atoms with Gasteiger partial charge in [0, 0.05) is 6.42 Å². The molecule has 222 valence electrons. The molecule has 0 bridgehead atoms. The van der Waals surface area contributed by atoms with Gasteiger partial charge in [0.1, 0.15) is 0 Å². The normalized spacial score (nSPS) is 37.9. The third-order valence-electron chi connectivity index (χ3n) is 12.0. The van der Waals surface area contributed by atoms with Crippen LogP contribution in [0.1, 0.15) is 91.4 Å². The van der Waals surface area contributed by atoms with Gasteiger partial charge in [-0.05, 0) is 123 Å². The standard InChI is InChI=1S/C32H48N2O5S/c1-21(9-14-29(36)33-20-30(37)34-40(38,39)24-7-5-4-6-8-24)26-12-13-27-25-11-10-22-19-23(35)15-17-31(22,2)28(25)16-18-32(26,27)3/h4-8,21-23,25-28,35H,9-20H2,1-3H3,(H,33,36)(H,34,37)/t21-,22-,23-,25+,26-,27+,28+,31+,32-/m1/s1. The highest BCUT2D eigenvalue weighted by atomic mass is 32.2. The fourth-order valence-corrected chi connectivity index (χ4v) is 10.9. The van der Waals surface area contributed by atoms with Gasteiger partial charge in [-0.25, -0.2) is 13.1 Å². The van der Waals surface area contributed by atoms with Crippen LogP contribution in [0, 0.1) is 46.3 Å². The summed E-state index contributed by atoms with van der Waals surface area (Å²) in [5.74, 6) is 3.07. The number of hydrogen-bond donors (Lipinski definition) is 3. The topological polar surface area (TPSA) is 113 Å². The average Bonchev–Trinajstić information content (AvgIpc) is 3.28. The third-order valence-corrected chi connectivity index (χ3v) is 13.4. The molecule has 0 heterocycles. The number of carbonyl (C=O) groups excluding carboxylic acids is 2. The minimum atomic E-state index is -3.95. The van der Waals surface area contributed by atoms with Crippen molar-refractivity contribution in [1.29, 1.82) is 0 Å². The average molecular weight is 573 g/mol. The third kappa shape index (κ3) is 5.59. The number of aliphatic hydroxyl groups excluding tert-OH is 1. The number of rotatable bonds is 8. The van der Waals surface area contributed by atoms with Crippen molar-refractivity contribution in [2.24, 2.45) is 46.3 Å². The molecule has 0 spiro atoms. The molecule has 8 heteroatoms. The molecule has 0 unspecified atom stereocenters. The fourth-order valence-electron chi connectivity index (χ4n) is 9.88. The zero-order chi connectivity index (χ0) is 28.7. The Kier molecular flexibility index (Phi) is 8.42. The van der Waals surface area contributed by atoms with E-state index in [2.05, 4.69) is 26.1 Å². The minimum Gasteiger partial charge on any atom is -0.393 e. The van der Waals surface area contributed by atoms with Gasteiger partial charge < -0.3 is 10.4 Å². The van der Waals surface area contributed by atoms with Gasteiger partial charge in [0.15, 0.2) is 0 Å².